The molecule has 1 aliphatic carbocycles. The van der Waals surface area contributed by atoms with Gasteiger partial charge in [0.15, 0.2) is 12.4 Å². The number of ketones is 1. The highest BCUT2D eigenvalue weighted by Crippen LogP contribution is 2.26. The fourth-order valence-electron chi connectivity index (χ4n) is 2.87. The zero-order chi connectivity index (χ0) is 17.7. The minimum atomic E-state index is -0.378. The zero-order valence-electron chi connectivity index (χ0n) is 14.7. The summed E-state index contributed by atoms with van der Waals surface area (Å²) in [6.07, 6.45) is 4.02. The van der Waals surface area contributed by atoms with Crippen molar-refractivity contribution in [3.8, 4) is 5.75 Å². The summed E-state index contributed by atoms with van der Waals surface area (Å²) in [6, 6.07) is 4.88. The summed E-state index contributed by atoms with van der Waals surface area (Å²) in [7, 11) is 0. The molecule has 5 heteroatoms. The molecule has 1 aliphatic rings. The lowest BCUT2D eigenvalue weighted by Crippen LogP contribution is -2.26. The molecule has 1 saturated carbocycles. The van der Waals surface area contributed by atoms with Crippen molar-refractivity contribution < 1.29 is 19.1 Å². The maximum atomic E-state index is 11.9. The molecule has 0 heterocycles. The number of carbonyl (C=O) groups excluding carboxylic acids is 2. The highest BCUT2D eigenvalue weighted by atomic mass is 16.6. The molecule has 0 saturated heterocycles. The molecule has 2 rings (SSSR count). The van der Waals surface area contributed by atoms with Crippen molar-refractivity contribution in [2.75, 3.05) is 12.3 Å². The molecule has 1 fully saturated rings. The van der Waals surface area contributed by atoms with Gasteiger partial charge in [0.25, 0.3) is 0 Å². The van der Waals surface area contributed by atoms with E-state index in [1.54, 1.807) is 18.2 Å². The Kier molecular flexibility index (Phi) is 6.23. The van der Waals surface area contributed by atoms with Gasteiger partial charge in [0.2, 0.25) is 0 Å². The van der Waals surface area contributed by atoms with Crippen LogP contribution in [0.15, 0.2) is 18.2 Å². The van der Waals surface area contributed by atoms with Crippen LogP contribution in [-0.2, 0) is 9.53 Å². The maximum absolute atomic E-state index is 11.9. The van der Waals surface area contributed by atoms with Crippen LogP contribution in [0.1, 0.15) is 56.8 Å². The predicted octanol–water partition coefficient (Wildman–Crippen LogP) is 3.61. The highest BCUT2D eigenvalue weighted by molar-refractivity contribution is 5.98. The van der Waals surface area contributed by atoms with Gasteiger partial charge in [-0.2, -0.15) is 0 Å². The van der Waals surface area contributed by atoms with E-state index in [4.69, 9.17) is 15.2 Å². The summed E-state index contributed by atoms with van der Waals surface area (Å²) in [5.74, 6) is 0.660. The van der Waals surface area contributed by atoms with Crippen molar-refractivity contribution in [1.29, 1.82) is 0 Å². The second kappa shape index (κ2) is 8.18. The summed E-state index contributed by atoms with van der Waals surface area (Å²) in [5.41, 5.74) is 6.81. The third-order valence-corrected chi connectivity index (χ3v) is 4.43. The topological polar surface area (TPSA) is 78.6 Å². The Morgan fingerprint density at radius 2 is 1.88 bits per heavy atom. The van der Waals surface area contributed by atoms with E-state index in [-0.39, 0.29) is 30.4 Å². The molecule has 132 valence electrons. The average molecular weight is 333 g/mol. The van der Waals surface area contributed by atoms with E-state index in [1.165, 1.54) is 0 Å². The van der Waals surface area contributed by atoms with E-state index in [2.05, 4.69) is 6.92 Å². The largest absolute Gasteiger partial charge is 0.480 e. The number of rotatable bonds is 6. The van der Waals surface area contributed by atoms with E-state index in [9.17, 15) is 9.59 Å². The lowest BCUT2D eigenvalue weighted by atomic mass is 9.89. The monoisotopic (exact) mass is 333 g/mol. The quantitative estimate of drug-likeness (QED) is 0.489. The van der Waals surface area contributed by atoms with Crippen LogP contribution in [0, 0.1) is 11.8 Å². The first-order chi connectivity index (χ1) is 11.4. The van der Waals surface area contributed by atoms with Gasteiger partial charge in [0, 0.05) is 11.5 Å². The van der Waals surface area contributed by atoms with E-state index >= 15 is 0 Å². The molecule has 5 nitrogen and oxygen atoms in total. The molecule has 0 aliphatic heterocycles. The van der Waals surface area contributed by atoms with Crippen LogP contribution in [0.2, 0.25) is 0 Å². The minimum absolute atomic E-state index is 0.000635. The lowest BCUT2D eigenvalue weighted by molar-refractivity contribution is -0.153. The summed E-state index contributed by atoms with van der Waals surface area (Å²) < 4.78 is 10.9. The number of Topliss-reactive ketones (excluding diaryl/α,β-unsaturated/α-hetero) is 1. The van der Waals surface area contributed by atoms with Crippen molar-refractivity contribution in [1.82, 2.24) is 0 Å². The second-order valence-corrected chi connectivity index (χ2v) is 6.93. The number of anilines is 1. The molecule has 2 N–H and O–H groups in total. The van der Waals surface area contributed by atoms with Crippen LogP contribution in [0.5, 0.6) is 5.75 Å². The Morgan fingerprint density at radius 1 is 1.21 bits per heavy atom. The molecular weight excluding hydrogens is 306 g/mol. The van der Waals surface area contributed by atoms with E-state index in [1.807, 2.05) is 13.8 Å². The Balaban J connectivity index is 1.85. The SMILES string of the molecule is CC1CCC(OC(=O)COc2ccc(C(=O)C(C)C)cc2N)CC1. The Morgan fingerprint density at radius 3 is 2.46 bits per heavy atom. The van der Waals surface area contributed by atoms with E-state index in [0.717, 1.165) is 25.7 Å². The highest BCUT2D eigenvalue weighted by Gasteiger charge is 2.21. The van der Waals surface area contributed by atoms with Crippen molar-refractivity contribution >= 4 is 17.4 Å². The third-order valence-electron chi connectivity index (χ3n) is 4.43. The van der Waals surface area contributed by atoms with Crippen LogP contribution in [-0.4, -0.2) is 24.5 Å². The zero-order valence-corrected chi connectivity index (χ0v) is 14.7. The minimum Gasteiger partial charge on any atom is -0.480 e. The number of carbonyl (C=O) groups is 2. The molecule has 1 aromatic carbocycles. The van der Waals surface area contributed by atoms with Gasteiger partial charge < -0.3 is 15.2 Å². The van der Waals surface area contributed by atoms with Crippen LogP contribution < -0.4 is 10.5 Å². The standard InChI is InChI=1S/C19H27NO4/c1-12(2)19(22)14-6-9-17(16(20)10-14)23-11-18(21)24-15-7-4-13(3)5-8-15/h6,9-10,12-13,15H,4-5,7-8,11,20H2,1-3H3. The first-order valence-electron chi connectivity index (χ1n) is 8.62. The number of nitrogen functional groups attached to an aromatic ring is 1. The Hall–Kier alpha value is -2.04. The van der Waals surface area contributed by atoms with Crippen LogP contribution >= 0.6 is 0 Å². The molecular formula is C19H27NO4. The van der Waals surface area contributed by atoms with Crippen LogP contribution in [0.3, 0.4) is 0 Å². The van der Waals surface area contributed by atoms with Gasteiger partial charge >= 0.3 is 5.97 Å². The van der Waals surface area contributed by atoms with Crippen molar-refractivity contribution in [3.63, 3.8) is 0 Å². The first kappa shape index (κ1) is 18.3. The van der Waals surface area contributed by atoms with Crippen molar-refractivity contribution in [2.45, 2.75) is 52.6 Å². The number of benzene rings is 1. The maximum Gasteiger partial charge on any atom is 0.344 e. The summed E-state index contributed by atoms with van der Waals surface area (Å²) >= 11 is 0. The van der Waals surface area contributed by atoms with Gasteiger partial charge in [-0.15, -0.1) is 0 Å². The van der Waals surface area contributed by atoms with Gasteiger partial charge in [-0.1, -0.05) is 20.8 Å². The molecule has 0 unspecified atom stereocenters. The van der Waals surface area contributed by atoms with Gasteiger partial charge in [-0.3, -0.25) is 4.79 Å². The number of ether oxygens (including phenoxy) is 2. The van der Waals surface area contributed by atoms with Crippen LogP contribution in [0.25, 0.3) is 0 Å². The summed E-state index contributed by atoms with van der Waals surface area (Å²) in [6.45, 7) is 5.72. The van der Waals surface area contributed by atoms with Crippen molar-refractivity contribution in [3.05, 3.63) is 23.8 Å². The Bertz CT molecular complexity index is 589. The molecule has 0 bridgehead atoms. The van der Waals surface area contributed by atoms with Gasteiger partial charge in [-0.25, -0.2) is 4.79 Å². The predicted molar refractivity (Wildman–Crippen MR) is 93.0 cm³/mol. The summed E-state index contributed by atoms with van der Waals surface area (Å²) in [4.78, 5) is 23.8. The summed E-state index contributed by atoms with van der Waals surface area (Å²) in [5, 5.41) is 0. The molecule has 0 atom stereocenters. The number of esters is 1. The third kappa shape index (κ3) is 4.98. The van der Waals surface area contributed by atoms with Gasteiger partial charge in [0.05, 0.1) is 5.69 Å². The molecule has 0 amide bonds. The molecule has 0 radical (unpaired) electrons. The number of hydrogen-bond acceptors (Lipinski definition) is 5. The lowest BCUT2D eigenvalue weighted by Gasteiger charge is -2.25. The molecule has 0 aromatic heterocycles. The number of hydrogen-bond donors (Lipinski definition) is 1. The smallest absolute Gasteiger partial charge is 0.344 e. The molecule has 24 heavy (non-hydrogen) atoms. The first-order valence-corrected chi connectivity index (χ1v) is 8.62. The van der Waals surface area contributed by atoms with Gasteiger partial charge in [-0.05, 0) is 49.8 Å². The molecule has 0 spiro atoms. The van der Waals surface area contributed by atoms with E-state index < -0.39 is 0 Å². The average Bonchev–Trinajstić information content (AvgIpc) is 2.55. The fourth-order valence-corrected chi connectivity index (χ4v) is 2.87. The molecule has 1 aromatic rings. The van der Waals surface area contributed by atoms with Gasteiger partial charge in [0.1, 0.15) is 11.9 Å². The number of nitrogens with two attached hydrogens (primary N) is 1. The van der Waals surface area contributed by atoms with Crippen molar-refractivity contribution in [2.24, 2.45) is 11.8 Å². The van der Waals surface area contributed by atoms with E-state index in [0.29, 0.717) is 22.9 Å². The van der Waals surface area contributed by atoms with Crippen LogP contribution in [0.4, 0.5) is 5.69 Å². The fraction of sp³-hybridized carbons (Fsp3) is 0.579. The normalized spacial score (nSPS) is 20.7. The Labute approximate surface area is 143 Å². The second-order valence-electron chi connectivity index (χ2n) is 6.93.